The normalized spacial score (nSPS) is 22.0. The van der Waals surface area contributed by atoms with E-state index in [1.54, 1.807) is 6.92 Å². The second-order valence-electron chi connectivity index (χ2n) is 7.92. The summed E-state index contributed by atoms with van der Waals surface area (Å²) in [5, 5.41) is 2.45. The quantitative estimate of drug-likeness (QED) is 0.241. The van der Waals surface area contributed by atoms with Gasteiger partial charge in [-0.05, 0) is 18.8 Å². The Kier molecular flexibility index (Phi) is 8.82. The maximum absolute atomic E-state index is 12.7. The number of halogens is 6. The topological polar surface area (TPSA) is 100 Å². The monoisotopic (exact) mass is 497 g/mol. The van der Waals surface area contributed by atoms with Crippen molar-refractivity contribution in [2.75, 3.05) is 45.8 Å². The Balaban J connectivity index is 2.01. The number of amides is 2. The molecule has 2 aliphatic rings. The van der Waals surface area contributed by atoms with Gasteiger partial charge in [0, 0.05) is 51.1 Å². The predicted molar refractivity (Wildman–Crippen MR) is 109 cm³/mol. The molecular formula is C20H25F6N5O3. The zero-order valence-electron chi connectivity index (χ0n) is 18.2. The number of terminal acetylenes is 1. The van der Waals surface area contributed by atoms with Gasteiger partial charge in [0.15, 0.2) is 0 Å². The average molecular weight is 497 g/mol. The standard InChI is InChI=1S/C20H25F6N5O3/c1-3-5-29-16(32)15(27)12(6-28-4-2)7-30-8-13-10-31(11-14(13)9-30)18(33)34-17(19(21,22)23)20(24,25)26/h1,6,13-14,17H,4-5,7-11,27H2,2H3,(H,29,32). The van der Waals surface area contributed by atoms with Crippen LogP contribution >= 0.6 is 0 Å². The third kappa shape index (κ3) is 7.02. The number of carbonyl (C=O) groups is 2. The van der Waals surface area contributed by atoms with Crippen molar-refractivity contribution < 1.29 is 40.7 Å². The summed E-state index contributed by atoms with van der Waals surface area (Å²) in [7, 11) is 0. The SMILES string of the molecule is C#CCNC(=O)C(N)=C(C=NCC)CN1CC2CN(C(=O)OC(C(F)(F)F)C(F)(F)F)CC2C1. The number of rotatable bonds is 7. The van der Waals surface area contributed by atoms with Crippen LogP contribution < -0.4 is 11.1 Å². The summed E-state index contributed by atoms with van der Waals surface area (Å²) in [6.07, 6.45) is -10.8. The zero-order chi connectivity index (χ0) is 25.7. The molecule has 0 bridgehead atoms. The van der Waals surface area contributed by atoms with E-state index in [1.165, 1.54) is 6.21 Å². The molecule has 8 nitrogen and oxygen atoms in total. The Hall–Kier alpha value is -2.95. The number of nitrogens with one attached hydrogen (secondary N) is 1. The molecule has 14 heteroatoms. The third-order valence-corrected chi connectivity index (χ3v) is 5.40. The van der Waals surface area contributed by atoms with Gasteiger partial charge >= 0.3 is 18.4 Å². The summed E-state index contributed by atoms with van der Waals surface area (Å²) < 4.78 is 79.7. The van der Waals surface area contributed by atoms with Gasteiger partial charge in [-0.25, -0.2) is 4.79 Å². The third-order valence-electron chi connectivity index (χ3n) is 5.40. The van der Waals surface area contributed by atoms with Gasteiger partial charge in [-0.2, -0.15) is 26.3 Å². The van der Waals surface area contributed by atoms with Gasteiger partial charge < -0.3 is 20.7 Å². The van der Waals surface area contributed by atoms with Crippen molar-refractivity contribution >= 4 is 18.2 Å². The molecule has 2 fully saturated rings. The predicted octanol–water partition coefficient (Wildman–Crippen LogP) is 1.53. The molecule has 2 atom stereocenters. The van der Waals surface area contributed by atoms with Crippen LogP contribution in [0, 0.1) is 24.2 Å². The molecule has 2 amide bonds. The van der Waals surface area contributed by atoms with Crippen LogP contribution in [0.5, 0.6) is 0 Å². The molecule has 0 spiro atoms. The zero-order valence-corrected chi connectivity index (χ0v) is 18.2. The fourth-order valence-electron chi connectivity index (χ4n) is 3.87. The Morgan fingerprint density at radius 2 is 1.74 bits per heavy atom. The van der Waals surface area contributed by atoms with Crippen LogP contribution in [0.2, 0.25) is 0 Å². The number of aliphatic imine (C=N–C) groups is 1. The van der Waals surface area contributed by atoms with Crippen LogP contribution in [-0.2, 0) is 9.53 Å². The molecule has 0 aromatic carbocycles. The van der Waals surface area contributed by atoms with Crippen molar-refractivity contribution in [1.29, 1.82) is 0 Å². The Morgan fingerprint density at radius 1 is 1.18 bits per heavy atom. The number of ether oxygens (including phenoxy) is 1. The molecule has 2 saturated heterocycles. The van der Waals surface area contributed by atoms with E-state index in [0.29, 0.717) is 25.2 Å². The number of alkyl halides is 6. The fourth-order valence-corrected chi connectivity index (χ4v) is 3.87. The van der Waals surface area contributed by atoms with Crippen molar-refractivity contribution in [3.05, 3.63) is 11.3 Å². The van der Waals surface area contributed by atoms with Gasteiger partial charge in [0.25, 0.3) is 12.0 Å². The smallest absolute Gasteiger partial charge is 0.426 e. The van der Waals surface area contributed by atoms with Crippen molar-refractivity contribution in [1.82, 2.24) is 15.1 Å². The van der Waals surface area contributed by atoms with E-state index in [9.17, 15) is 35.9 Å². The first-order valence-corrected chi connectivity index (χ1v) is 10.3. The molecule has 0 aliphatic carbocycles. The first-order valence-electron chi connectivity index (χ1n) is 10.3. The van der Waals surface area contributed by atoms with E-state index < -0.39 is 30.5 Å². The number of nitrogens with two attached hydrogens (primary N) is 1. The summed E-state index contributed by atoms with van der Waals surface area (Å²) in [4.78, 5) is 31.0. The largest absolute Gasteiger partial charge is 0.434 e. The lowest BCUT2D eigenvalue weighted by Gasteiger charge is -2.26. The highest BCUT2D eigenvalue weighted by atomic mass is 19.4. The number of fused-ring (bicyclic) bond motifs is 1. The summed E-state index contributed by atoms with van der Waals surface area (Å²) in [6, 6.07) is 0. The summed E-state index contributed by atoms with van der Waals surface area (Å²) in [5.74, 6) is 1.31. The van der Waals surface area contributed by atoms with Crippen LogP contribution in [0.1, 0.15) is 6.92 Å². The van der Waals surface area contributed by atoms with Crippen LogP contribution in [0.3, 0.4) is 0 Å². The van der Waals surface area contributed by atoms with E-state index in [4.69, 9.17) is 12.2 Å². The lowest BCUT2D eigenvalue weighted by Crippen LogP contribution is -2.48. The first kappa shape index (κ1) is 27.3. The van der Waals surface area contributed by atoms with Crippen molar-refractivity contribution in [3.8, 4) is 12.3 Å². The van der Waals surface area contributed by atoms with Gasteiger partial charge in [0.1, 0.15) is 5.70 Å². The highest BCUT2D eigenvalue weighted by Crippen LogP contribution is 2.37. The van der Waals surface area contributed by atoms with Gasteiger partial charge in [-0.1, -0.05) is 5.92 Å². The number of likely N-dealkylation sites (tertiary alicyclic amines) is 2. The van der Waals surface area contributed by atoms with Crippen molar-refractivity contribution in [3.63, 3.8) is 0 Å². The van der Waals surface area contributed by atoms with Gasteiger partial charge in [-0.3, -0.25) is 14.7 Å². The Labute approximate surface area is 192 Å². The van der Waals surface area contributed by atoms with E-state index in [2.05, 4.69) is 21.0 Å². The minimum Gasteiger partial charge on any atom is -0.426 e. The summed E-state index contributed by atoms with van der Waals surface area (Å²) >= 11 is 0. The summed E-state index contributed by atoms with van der Waals surface area (Å²) in [5.41, 5.74) is 6.31. The van der Waals surface area contributed by atoms with Crippen molar-refractivity contribution in [2.24, 2.45) is 22.6 Å². The Bertz CT molecular complexity index is 836. The second-order valence-corrected chi connectivity index (χ2v) is 7.92. The Morgan fingerprint density at radius 3 is 2.21 bits per heavy atom. The number of carbonyl (C=O) groups excluding carboxylic acids is 2. The average Bonchev–Trinajstić information content (AvgIpc) is 3.29. The molecule has 2 aliphatic heterocycles. The maximum Gasteiger partial charge on any atom is 0.434 e. The van der Waals surface area contributed by atoms with Gasteiger partial charge in [0.2, 0.25) is 0 Å². The molecule has 0 saturated carbocycles. The van der Waals surface area contributed by atoms with Crippen LogP contribution in [0.25, 0.3) is 0 Å². The molecular weight excluding hydrogens is 472 g/mol. The molecule has 3 N–H and O–H groups in total. The molecule has 0 aromatic rings. The summed E-state index contributed by atoms with van der Waals surface area (Å²) in [6.45, 7) is 3.13. The van der Waals surface area contributed by atoms with Crippen LogP contribution in [-0.4, -0.2) is 92.3 Å². The number of hydrogen-bond acceptors (Lipinski definition) is 6. The molecule has 0 aromatic heterocycles. The van der Waals surface area contributed by atoms with Gasteiger partial charge in [-0.15, -0.1) is 6.42 Å². The highest BCUT2D eigenvalue weighted by Gasteiger charge is 2.60. The van der Waals surface area contributed by atoms with Crippen LogP contribution in [0.15, 0.2) is 16.3 Å². The molecule has 34 heavy (non-hydrogen) atoms. The van der Waals surface area contributed by atoms with Crippen molar-refractivity contribution in [2.45, 2.75) is 25.4 Å². The van der Waals surface area contributed by atoms with E-state index in [-0.39, 0.29) is 43.7 Å². The van der Waals surface area contributed by atoms with Crippen LogP contribution in [0.4, 0.5) is 31.1 Å². The highest BCUT2D eigenvalue weighted by molar-refractivity contribution is 5.99. The van der Waals surface area contributed by atoms with E-state index in [0.717, 1.165) is 4.90 Å². The maximum atomic E-state index is 12.7. The van der Waals surface area contributed by atoms with E-state index in [1.807, 2.05) is 4.90 Å². The molecule has 2 heterocycles. The molecule has 190 valence electrons. The molecule has 2 unspecified atom stereocenters. The molecule has 2 rings (SSSR count). The number of hydrogen-bond donors (Lipinski definition) is 2. The fraction of sp³-hybridized carbons (Fsp3) is 0.650. The van der Waals surface area contributed by atoms with Gasteiger partial charge in [0.05, 0.1) is 6.54 Å². The lowest BCUT2D eigenvalue weighted by atomic mass is 10.0. The second kappa shape index (κ2) is 11.0. The molecule has 0 radical (unpaired) electrons. The van der Waals surface area contributed by atoms with E-state index >= 15 is 0 Å². The minimum atomic E-state index is -5.77. The minimum absolute atomic E-state index is 0.0128. The lowest BCUT2D eigenvalue weighted by molar-refractivity contribution is -0.308. The first-order chi connectivity index (χ1) is 15.8. The number of nitrogens with zero attached hydrogens (tertiary/aromatic N) is 3.